The Morgan fingerprint density at radius 1 is 1.78 bits per heavy atom. The van der Waals surface area contributed by atoms with E-state index in [2.05, 4.69) is 10.3 Å². The van der Waals surface area contributed by atoms with Crippen LogP contribution in [0.3, 0.4) is 0 Å². The molecule has 0 radical (unpaired) electrons. The molecule has 4 nitrogen and oxygen atoms in total. The number of rotatable bonds is 0. The molecule has 1 unspecified atom stereocenters. The van der Waals surface area contributed by atoms with Crippen LogP contribution in [0.1, 0.15) is 6.92 Å². The summed E-state index contributed by atoms with van der Waals surface area (Å²) in [7, 11) is 0. The highest BCUT2D eigenvalue weighted by Gasteiger charge is 2.22. The summed E-state index contributed by atoms with van der Waals surface area (Å²) < 4.78 is 0. The molecule has 0 saturated heterocycles. The first-order valence-corrected chi connectivity index (χ1v) is 2.68. The standard InChI is InChI=1S/C5H10N4/c1-5(7)4(6)8-2-3-9-5/h2-3,9H,7H2,1H3,(H2,6,8). The van der Waals surface area contributed by atoms with Crippen molar-refractivity contribution in [2.45, 2.75) is 12.6 Å². The molecule has 1 rings (SSSR count). The van der Waals surface area contributed by atoms with Crippen molar-refractivity contribution in [2.75, 3.05) is 0 Å². The fourth-order valence-electron chi connectivity index (χ4n) is 0.536. The van der Waals surface area contributed by atoms with Crippen LogP contribution in [0.15, 0.2) is 17.4 Å². The Hall–Kier alpha value is -1.03. The predicted octanol–water partition coefficient (Wildman–Crippen LogP) is -0.907. The lowest BCUT2D eigenvalue weighted by Crippen LogP contribution is -2.59. The molecule has 0 spiro atoms. The van der Waals surface area contributed by atoms with Gasteiger partial charge < -0.3 is 16.8 Å². The molecule has 4 heteroatoms. The molecule has 50 valence electrons. The second-order valence-electron chi connectivity index (χ2n) is 2.18. The van der Waals surface area contributed by atoms with E-state index < -0.39 is 5.66 Å². The maximum absolute atomic E-state index is 5.60. The topological polar surface area (TPSA) is 76.4 Å². The summed E-state index contributed by atoms with van der Waals surface area (Å²) in [5, 5.41) is 2.85. The van der Waals surface area contributed by atoms with Gasteiger partial charge in [-0.3, -0.25) is 0 Å². The van der Waals surface area contributed by atoms with Crippen molar-refractivity contribution in [3.05, 3.63) is 12.4 Å². The molecule has 9 heavy (non-hydrogen) atoms. The van der Waals surface area contributed by atoms with Gasteiger partial charge in [0.2, 0.25) is 0 Å². The number of aliphatic imine (C=N–C) groups is 1. The molecule has 1 aliphatic heterocycles. The summed E-state index contributed by atoms with van der Waals surface area (Å²) in [4.78, 5) is 3.81. The second-order valence-corrected chi connectivity index (χ2v) is 2.18. The quantitative estimate of drug-likeness (QED) is 0.393. The van der Waals surface area contributed by atoms with E-state index in [0.29, 0.717) is 5.84 Å². The molecular formula is C5H10N4. The third kappa shape index (κ3) is 1.02. The lowest BCUT2D eigenvalue weighted by Gasteiger charge is -2.25. The van der Waals surface area contributed by atoms with Gasteiger partial charge >= 0.3 is 0 Å². The number of hydrogen-bond acceptors (Lipinski definition) is 4. The Morgan fingerprint density at radius 2 is 2.44 bits per heavy atom. The van der Waals surface area contributed by atoms with Crippen LogP contribution in [0, 0.1) is 0 Å². The van der Waals surface area contributed by atoms with Gasteiger partial charge in [0.25, 0.3) is 0 Å². The van der Waals surface area contributed by atoms with Gasteiger partial charge in [0.05, 0.1) is 0 Å². The molecule has 0 aliphatic carbocycles. The Kier molecular flexibility index (Phi) is 1.17. The van der Waals surface area contributed by atoms with E-state index in [0.717, 1.165) is 0 Å². The molecule has 5 N–H and O–H groups in total. The number of amidine groups is 1. The predicted molar refractivity (Wildman–Crippen MR) is 36.5 cm³/mol. The maximum atomic E-state index is 5.60. The average Bonchev–Trinajstić information content (AvgIpc) is 1.77. The van der Waals surface area contributed by atoms with Crippen molar-refractivity contribution in [1.82, 2.24) is 5.32 Å². The fraction of sp³-hybridized carbons (Fsp3) is 0.400. The van der Waals surface area contributed by atoms with Gasteiger partial charge in [0, 0.05) is 12.4 Å². The zero-order valence-corrected chi connectivity index (χ0v) is 5.26. The van der Waals surface area contributed by atoms with Crippen molar-refractivity contribution in [2.24, 2.45) is 16.5 Å². The minimum Gasteiger partial charge on any atom is -0.384 e. The molecule has 1 atom stereocenters. The van der Waals surface area contributed by atoms with Crippen LogP contribution in [0.4, 0.5) is 0 Å². The highest BCUT2D eigenvalue weighted by molar-refractivity contribution is 5.90. The van der Waals surface area contributed by atoms with Crippen LogP contribution in [-0.4, -0.2) is 11.5 Å². The average molecular weight is 126 g/mol. The fourth-order valence-corrected chi connectivity index (χ4v) is 0.536. The van der Waals surface area contributed by atoms with Gasteiger partial charge in [-0.25, -0.2) is 4.99 Å². The summed E-state index contributed by atoms with van der Waals surface area (Å²) in [5.74, 6) is 0.407. The van der Waals surface area contributed by atoms with E-state index in [1.165, 1.54) is 0 Å². The maximum Gasteiger partial charge on any atom is 0.142 e. The normalized spacial score (nSPS) is 33.3. The van der Waals surface area contributed by atoms with Crippen molar-refractivity contribution in [1.29, 1.82) is 0 Å². The largest absolute Gasteiger partial charge is 0.384 e. The first kappa shape index (κ1) is 6.10. The van der Waals surface area contributed by atoms with Gasteiger partial charge in [-0.05, 0) is 6.92 Å². The SMILES string of the molecule is CC1(N)NC=CN=C1N. The molecule has 0 aromatic heterocycles. The van der Waals surface area contributed by atoms with Gasteiger partial charge in [-0.15, -0.1) is 0 Å². The third-order valence-electron chi connectivity index (χ3n) is 1.20. The van der Waals surface area contributed by atoms with Crippen molar-refractivity contribution in [3.63, 3.8) is 0 Å². The summed E-state index contributed by atoms with van der Waals surface area (Å²) in [6, 6.07) is 0. The Morgan fingerprint density at radius 3 is 2.78 bits per heavy atom. The number of hydrogen-bond donors (Lipinski definition) is 3. The minimum absolute atomic E-state index is 0.407. The Bertz CT molecular complexity index is 168. The summed E-state index contributed by atoms with van der Waals surface area (Å²) >= 11 is 0. The van der Waals surface area contributed by atoms with Crippen LogP contribution in [0.5, 0.6) is 0 Å². The van der Waals surface area contributed by atoms with Gasteiger partial charge in [-0.1, -0.05) is 0 Å². The second kappa shape index (κ2) is 1.73. The first-order valence-electron chi connectivity index (χ1n) is 2.68. The van der Waals surface area contributed by atoms with Crippen LogP contribution < -0.4 is 16.8 Å². The van der Waals surface area contributed by atoms with E-state index in [1.807, 2.05) is 0 Å². The first-order chi connectivity index (χ1) is 4.13. The smallest absolute Gasteiger partial charge is 0.142 e. The van der Waals surface area contributed by atoms with Crippen molar-refractivity contribution in [3.8, 4) is 0 Å². The molecule has 1 heterocycles. The van der Waals surface area contributed by atoms with E-state index in [9.17, 15) is 0 Å². The van der Waals surface area contributed by atoms with E-state index in [-0.39, 0.29) is 0 Å². The van der Waals surface area contributed by atoms with E-state index >= 15 is 0 Å². The molecule has 0 amide bonds. The van der Waals surface area contributed by atoms with Crippen LogP contribution in [0.2, 0.25) is 0 Å². The van der Waals surface area contributed by atoms with Crippen molar-refractivity contribution >= 4 is 5.84 Å². The zero-order valence-electron chi connectivity index (χ0n) is 5.26. The van der Waals surface area contributed by atoms with Gasteiger partial charge in [0.1, 0.15) is 11.5 Å². The lowest BCUT2D eigenvalue weighted by molar-refractivity contribution is 0.548. The number of nitrogens with two attached hydrogens (primary N) is 2. The summed E-state index contributed by atoms with van der Waals surface area (Å²) in [5.41, 5.74) is 10.4. The highest BCUT2D eigenvalue weighted by Crippen LogP contribution is 1.98. The van der Waals surface area contributed by atoms with Crippen LogP contribution >= 0.6 is 0 Å². The lowest BCUT2D eigenvalue weighted by atomic mass is 10.2. The summed E-state index contributed by atoms with van der Waals surface area (Å²) in [6.45, 7) is 1.76. The third-order valence-corrected chi connectivity index (χ3v) is 1.20. The van der Waals surface area contributed by atoms with E-state index in [4.69, 9.17) is 11.5 Å². The molecule has 0 bridgehead atoms. The highest BCUT2D eigenvalue weighted by atomic mass is 15.2. The van der Waals surface area contributed by atoms with Crippen molar-refractivity contribution < 1.29 is 0 Å². The Balaban J connectivity index is 2.83. The summed E-state index contributed by atoms with van der Waals surface area (Å²) in [6.07, 6.45) is 3.24. The molecule has 0 saturated carbocycles. The molecule has 1 aliphatic rings. The monoisotopic (exact) mass is 126 g/mol. The molecule has 0 fully saturated rings. The molecule has 0 aromatic rings. The minimum atomic E-state index is -0.672. The number of nitrogens with zero attached hydrogens (tertiary/aromatic N) is 1. The van der Waals surface area contributed by atoms with Gasteiger partial charge in [-0.2, -0.15) is 0 Å². The number of nitrogens with one attached hydrogen (secondary N) is 1. The Labute approximate surface area is 53.6 Å². The van der Waals surface area contributed by atoms with Crippen LogP contribution in [-0.2, 0) is 0 Å². The molecule has 0 aromatic carbocycles. The van der Waals surface area contributed by atoms with E-state index in [1.54, 1.807) is 19.3 Å². The molecular weight excluding hydrogens is 116 g/mol. The van der Waals surface area contributed by atoms with Gasteiger partial charge in [0.15, 0.2) is 0 Å². The van der Waals surface area contributed by atoms with Crippen LogP contribution in [0.25, 0.3) is 0 Å². The zero-order chi connectivity index (χ0) is 6.91.